The average molecular weight is 320 g/mol. The van der Waals surface area contributed by atoms with Gasteiger partial charge in [-0.15, -0.1) is 0 Å². The minimum absolute atomic E-state index is 0.148. The number of hydrogen-bond acceptors (Lipinski definition) is 6. The monoisotopic (exact) mass is 320 g/mol. The van der Waals surface area contributed by atoms with Crippen molar-refractivity contribution in [3.05, 3.63) is 59.7 Å². The number of ether oxygens (including phenoxy) is 4. The predicted octanol–water partition coefficient (Wildman–Crippen LogP) is 2.99. The molecule has 0 aliphatic carbocycles. The molecular weight excluding hydrogens is 308 g/mol. The summed E-state index contributed by atoms with van der Waals surface area (Å²) in [6.45, 7) is 0.148. The fourth-order valence-corrected chi connectivity index (χ4v) is 2.82. The van der Waals surface area contributed by atoms with Crippen molar-refractivity contribution in [1.29, 1.82) is 10.5 Å². The van der Waals surface area contributed by atoms with Crippen LogP contribution in [-0.4, -0.2) is 12.4 Å². The molecule has 0 unspecified atom stereocenters. The van der Waals surface area contributed by atoms with Gasteiger partial charge in [0.15, 0.2) is 17.8 Å². The number of nitriles is 2. The summed E-state index contributed by atoms with van der Waals surface area (Å²) in [5.41, 5.74) is -0.356. The molecule has 2 aliphatic rings. The topological polar surface area (TPSA) is 84.5 Å². The molecule has 24 heavy (non-hydrogen) atoms. The summed E-state index contributed by atoms with van der Waals surface area (Å²) in [4.78, 5) is 0. The van der Waals surface area contributed by atoms with Crippen LogP contribution in [0.2, 0.25) is 0 Å². The summed E-state index contributed by atoms with van der Waals surface area (Å²) < 4.78 is 22.3. The lowest BCUT2D eigenvalue weighted by Gasteiger charge is -2.18. The third kappa shape index (κ3) is 2.17. The molecule has 2 heterocycles. The van der Waals surface area contributed by atoms with Crippen molar-refractivity contribution >= 4 is 0 Å². The van der Waals surface area contributed by atoms with E-state index in [9.17, 15) is 10.5 Å². The van der Waals surface area contributed by atoms with Crippen LogP contribution < -0.4 is 9.47 Å². The Balaban J connectivity index is 1.73. The van der Waals surface area contributed by atoms with Gasteiger partial charge in [0, 0.05) is 5.56 Å². The largest absolute Gasteiger partial charge is 0.454 e. The SMILES string of the molecule is N#CC1(C#N)O[C@@H](c2ccccc2)O[C@H]1c1ccc2c(c1)OCO2. The van der Waals surface area contributed by atoms with Crippen molar-refractivity contribution in [3.8, 4) is 23.6 Å². The molecule has 2 aromatic rings. The molecule has 0 spiro atoms. The van der Waals surface area contributed by atoms with Crippen LogP contribution in [0.4, 0.5) is 0 Å². The fourth-order valence-electron chi connectivity index (χ4n) is 2.82. The van der Waals surface area contributed by atoms with Gasteiger partial charge >= 0.3 is 0 Å². The lowest BCUT2D eigenvalue weighted by atomic mass is 9.93. The van der Waals surface area contributed by atoms with Crippen molar-refractivity contribution in [2.24, 2.45) is 0 Å². The van der Waals surface area contributed by atoms with Crippen LogP contribution in [0.15, 0.2) is 48.5 Å². The van der Waals surface area contributed by atoms with Crippen LogP contribution in [0.1, 0.15) is 23.5 Å². The van der Waals surface area contributed by atoms with Crippen molar-refractivity contribution in [2.45, 2.75) is 18.0 Å². The fraction of sp³-hybridized carbons (Fsp3) is 0.222. The molecule has 2 atom stereocenters. The first-order valence-corrected chi connectivity index (χ1v) is 7.36. The maximum Gasteiger partial charge on any atom is 0.274 e. The van der Waals surface area contributed by atoms with Gasteiger partial charge in [-0.2, -0.15) is 10.5 Å². The zero-order valence-electron chi connectivity index (χ0n) is 12.5. The van der Waals surface area contributed by atoms with Gasteiger partial charge in [0.2, 0.25) is 6.79 Å². The van der Waals surface area contributed by atoms with Crippen LogP contribution in [-0.2, 0) is 9.47 Å². The van der Waals surface area contributed by atoms with Gasteiger partial charge in [0.1, 0.15) is 18.2 Å². The van der Waals surface area contributed by atoms with E-state index in [-0.39, 0.29) is 6.79 Å². The van der Waals surface area contributed by atoms with E-state index in [0.717, 1.165) is 5.56 Å². The maximum atomic E-state index is 9.57. The van der Waals surface area contributed by atoms with Gasteiger partial charge in [0.05, 0.1) is 0 Å². The van der Waals surface area contributed by atoms with E-state index in [2.05, 4.69) is 0 Å². The van der Waals surface area contributed by atoms with Crippen molar-refractivity contribution in [1.82, 2.24) is 0 Å². The standard InChI is InChI=1S/C18H12N2O4/c19-9-18(10-20)16(13-6-7-14-15(8-13)22-11-21-14)23-17(24-18)12-4-2-1-3-5-12/h1-8,16-17H,11H2/t16-,17-/m0/s1. The highest BCUT2D eigenvalue weighted by Gasteiger charge is 2.52. The number of nitrogens with zero attached hydrogens (tertiary/aromatic N) is 2. The summed E-state index contributed by atoms with van der Waals surface area (Å²) in [5.74, 6) is 1.18. The van der Waals surface area contributed by atoms with Gasteiger partial charge in [-0.05, 0) is 17.7 Å². The van der Waals surface area contributed by atoms with Crippen molar-refractivity contribution in [3.63, 3.8) is 0 Å². The molecule has 0 aromatic heterocycles. The zero-order chi connectivity index (χ0) is 16.6. The van der Waals surface area contributed by atoms with E-state index in [4.69, 9.17) is 18.9 Å². The molecule has 0 saturated carbocycles. The van der Waals surface area contributed by atoms with E-state index in [0.29, 0.717) is 17.1 Å². The first-order chi connectivity index (χ1) is 11.8. The second-order valence-corrected chi connectivity index (χ2v) is 5.45. The van der Waals surface area contributed by atoms with Crippen LogP contribution in [0.25, 0.3) is 0 Å². The minimum atomic E-state index is -1.73. The van der Waals surface area contributed by atoms with Crippen LogP contribution in [0.5, 0.6) is 11.5 Å². The first-order valence-electron chi connectivity index (χ1n) is 7.36. The van der Waals surface area contributed by atoms with Gasteiger partial charge in [-0.25, -0.2) is 0 Å². The molecule has 0 radical (unpaired) electrons. The molecule has 4 rings (SSSR count). The quantitative estimate of drug-likeness (QED) is 0.845. The van der Waals surface area contributed by atoms with E-state index in [1.54, 1.807) is 18.2 Å². The summed E-state index contributed by atoms with van der Waals surface area (Å²) in [7, 11) is 0. The molecule has 0 amide bonds. The third-order valence-electron chi connectivity index (χ3n) is 4.03. The van der Waals surface area contributed by atoms with Gasteiger partial charge in [-0.1, -0.05) is 36.4 Å². The molecule has 1 fully saturated rings. The van der Waals surface area contributed by atoms with E-state index < -0.39 is 18.0 Å². The number of benzene rings is 2. The van der Waals surface area contributed by atoms with Crippen LogP contribution in [0, 0.1) is 22.7 Å². The van der Waals surface area contributed by atoms with E-state index in [1.165, 1.54) is 0 Å². The Hall–Kier alpha value is -3.06. The Morgan fingerprint density at radius 2 is 1.67 bits per heavy atom. The highest BCUT2D eigenvalue weighted by Crippen LogP contribution is 2.48. The van der Waals surface area contributed by atoms with E-state index in [1.807, 2.05) is 42.5 Å². The normalized spacial score (nSPS) is 23.4. The first kappa shape index (κ1) is 14.5. The Morgan fingerprint density at radius 1 is 0.917 bits per heavy atom. The van der Waals surface area contributed by atoms with Crippen molar-refractivity contribution < 1.29 is 18.9 Å². The van der Waals surface area contributed by atoms with Crippen LogP contribution in [0.3, 0.4) is 0 Å². The maximum absolute atomic E-state index is 9.57. The molecule has 6 nitrogen and oxygen atoms in total. The summed E-state index contributed by atoms with van der Waals surface area (Å²) >= 11 is 0. The predicted molar refractivity (Wildman–Crippen MR) is 80.6 cm³/mol. The molecule has 1 saturated heterocycles. The highest BCUT2D eigenvalue weighted by molar-refractivity contribution is 5.47. The van der Waals surface area contributed by atoms with Gasteiger partial charge < -0.3 is 18.9 Å². The third-order valence-corrected chi connectivity index (χ3v) is 4.03. The highest BCUT2D eigenvalue weighted by atomic mass is 16.7. The minimum Gasteiger partial charge on any atom is -0.454 e. The Bertz CT molecular complexity index is 840. The molecule has 0 N–H and O–H groups in total. The molecule has 2 aliphatic heterocycles. The number of hydrogen-bond donors (Lipinski definition) is 0. The molecule has 6 heteroatoms. The number of rotatable bonds is 2. The lowest BCUT2D eigenvalue weighted by molar-refractivity contribution is -0.0718. The van der Waals surface area contributed by atoms with Crippen LogP contribution >= 0.6 is 0 Å². The molecule has 118 valence electrons. The summed E-state index contributed by atoms with van der Waals surface area (Å²) in [5, 5.41) is 19.1. The number of fused-ring (bicyclic) bond motifs is 1. The molecular formula is C18H12N2O4. The zero-order valence-corrected chi connectivity index (χ0v) is 12.5. The molecule has 0 bridgehead atoms. The van der Waals surface area contributed by atoms with Crippen molar-refractivity contribution in [2.75, 3.05) is 6.79 Å². The summed E-state index contributed by atoms with van der Waals surface area (Å²) in [6.07, 6.45) is -1.65. The average Bonchev–Trinajstić information content (AvgIpc) is 3.26. The Morgan fingerprint density at radius 3 is 2.42 bits per heavy atom. The van der Waals surface area contributed by atoms with Gasteiger partial charge in [0.25, 0.3) is 5.60 Å². The lowest BCUT2D eigenvalue weighted by Crippen LogP contribution is -2.30. The second-order valence-electron chi connectivity index (χ2n) is 5.45. The molecule has 2 aromatic carbocycles. The Kier molecular flexibility index (Phi) is 3.35. The second kappa shape index (κ2) is 5.54. The van der Waals surface area contributed by atoms with Gasteiger partial charge in [-0.3, -0.25) is 0 Å². The smallest absolute Gasteiger partial charge is 0.274 e. The Labute approximate surface area is 138 Å². The summed E-state index contributed by atoms with van der Waals surface area (Å²) in [6, 6.07) is 18.3. The van der Waals surface area contributed by atoms with E-state index >= 15 is 0 Å².